The minimum Gasteiger partial charge on any atom is -0.481 e. The third-order valence-corrected chi connectivity index (χ3v) is 3.35. The van der Waals surface area contributed by atoms with Gasteiger partial charge in [-0.2, -0.15) is 0 Å². The summed E-state index contributed by atoms with van der Waals surface area (Å²) in [7, 11) is 0. The van der Waals surface area contributed by atoms with Crippen LogP contribution in [-0.4, -0.2) is 47.7 Å². The summed E-state index contributed by atoms with van der Waals surface area (Å²) in [5.74, 6) is -0.964. The highest BCUT2D eigenvalue weighted by atomic mass is 16.4. The van der Waals surface area contributed by atoms with Crippen molar-refractivity contribution in [2.45, 2.75) is 45.6 Å². The molecular formula is C13H26N2O2. The fourth-order valence-corrected chi connectivity index (χ4v) is 2.38. The third-order valence-electron chi connectivity index (χ3n) is 3.35. The minimum absolute atomic E-state index is 0.0103. The zero-order chi connectivity index (χ0) is 12.9. The van der Waals surface area contributed by atoms with Gasteiger partial charge in [-0.15, -0.1) is 0 Å². The van der Waals surface area contributed by atoms with E-state index in [1.54, 1.807) is 0 Å². The van der Waals surface area contributed by atoms with Gasteiger partial charge in [0, 0.05) is 25.2 Å². The molecule has 0 amide bonds. The van der Waals surface area contributed by atoms with Crippen LogP contribution in [0.4, 0.5) is 0 Å². The van der Waals surface area contributed by atoms with Crippen LogP contribution in [0.2, 0.25) is 0 Å². The van der Waals surface area contributed by atoms with Gasteiger partial charge in [-0.1, -0.05) is 19.8 Å². The predicted molar refractivity (Wildman–Crippen MR) is 69.2 cm³/mol. The summed E-state index contributed by atoms with van der Waals surface area (Å²) in [6, 6.07) is 0. The maximum Gasteiger partial charge on any atom is 0.309 e. The zero-order valence-electron chi connectivity index (χ0n) is 11.3. The molecule has 1 atom stereocenters. The van der Waals surface area contributed by atoms with Crippen molar-refractivity contribution in [3.63, 3.8) is 0 Å². The van der Waals surface area contributed by atoms with E-state index < -0.39 is 5.97 Å². The molecule has 1 rings (SSSR count). The summed E-state index contributed by atoms with van der Waals surface area (Å²) < 4.78 is 0. The number of carbonyl (C=O) groups is 1. The molecule has 17 heavy (non-hydrogen) atoms. The molecular weight excluding hydrogens is 216 g/mol. The van der Waals surface area contributed by atoms with Crippen molar-refractivity contribution in [2.24, 2.45) is 5.92 Å². The van der Waals surface area contributed by atoms with Gasteiger partial charge in [0.2, 0.25) is 0 Å². The molecule has 0 aliphatic carbocycles. The first kappa shape index (κ1) is 14.5. The molecule has 0 spiro atoms. The molecule has 1 unspecified atom stereocenters. The molecule has 100 valence electrons. The summed E-state index contributed by atoms with van der Waals surface area (Å²) in [4.78, 5) is 13.4. The lowest BCUT2D eigenvalue weighted by Crippen LogP contribution is -2.46. The summed E-state index contributed by atoms with van der Waals surface area (Å²) in [6.45, 7) is 9.67. The van der Waals surface area contributed by atoms with Gasteiger partial charge in [0.25, 0.3) is 0 Å². The fourth-order valence-electron chi connectivity index (χ4n) is 2.38. The van der Waals surface area contributed by atoms with Gasteiger partial charge in [-0.3, -0.25) is 4.79 Å². The first-order valence-corrected chi connectivity index (χ1v) is 6.65. The van der Waals surface area contributed by atoms with Crippen molar-refractivity contribution in [1.82, 2.24) is 10.2 Å². The Morgan fingerprint density at radius 3 is 2.76 bits per heavy atom. The lowest BCUT2D eigenvalue weighted by molar-refractivity contribution is -0.141. The molecule has 0 aromatic rings. The van der Waals surface area contributed by atoms with Crippen molar-refractivity contribution < 1.29 is 9.90 Å². The van der Waals surface area contributed by atoms with Gasteiger partial charge in [0.1, 0.15) is 0 Å². The summed E-state index contributed by atoms with van der Waals surface area (Å²) >= 11 is 0. The van der Waals surface area contributed by atoms with Crippen molar-refractivity contribution in [3.05, 3.63) is 0 Å². The Labute approximate surface area is 104 Å². The first-order valence-electron chi connectivity index (χ1n) is 6.65. The summed E-state index contributed by atoms with van der Waals surface area (Å²) in [5, 5.41) is 12.5. The number of carboxylic acid groups (broad SMARTS) is 1. The zero-order valence-corrected chi connectivity index (χ0v) is 11.3. The van der Waals surface area contributed by atoms with Crippen LogP contribution in [0.25, 0.3) is 0 Å². The van der Waals surface area contributed by atoms with Crippen molar-refractivity contribution in [1.29, 1.82) is 0 Å². The largest absolute Gasteiger partial charge is 0.481 e. The number of rotatable bonds is 5. The van der Waals surface area contributed by atoms with E-state index in [1.807, 2.05) is 0 Å². The van der Waals surface area contributed by atoms with E-state index in [-0.39, 0.29) is 11.5 Å². The van der Waals surface area contributed by atoms with E-state index in [2.05, 4.69) is 31.0 Å². The fraction of sp³-hybridized carbons (Fsp3) is 0.923. The maximum atomic E-state index is 11.1. The lowest BCUT2D eigenvalue weighted by Gasteiger charge is -2.29. The number of carboxylic acids is 1. The van der Waals surface area contributed by atoms with Gasteiger partial charge >= 0.3 is 5.97 Å². The molecule has 1 aliphatic rings. The lowest BCUT2D eigenvalue weighted by atomic mass is 10.1. The second-order valence-corrected chi connectivity index (χ2v) is 5.74. The molecule has 0 radical (unpaired) electrons. The highest BCUT2D eigenvalue weighted by molar-refractivity contribution is 5.70. The molecule has 4 nitrogen and oxygen atoms in total. The van der Waals surface area contributed by atoms with Gasteiger partial charge in [-0.25, -0.2) is 0 Å². The smallest absolute Gasteiger partial charge is 0.309 e. The quantitative estimate of drug-likeness (QED) is 0.718. The Bertz CT molecular complexity index is 254. The van der Waals surface area contributed by atoms with E-state index in [1.165, 1.54) is 19.3 Å². The normalized spacial score (nSPS) is 25.5. The monoisotopic (exact) mass is 242 g/mol. The number of nitrogens with zero attached hydrogens (tertiary/aromatic N) is 1. The van der Waals surface area contributed by atoms with Gasteiger partial charge < -0.3 is 15.3 Å². The Balaban J connectivity index is 2.55. The van der Waals surface area contributed by atoms with Crippen LogP contribution < -0.4 is 5.32 Å². The highest BCUT2D eigenvalue weighted by Crippen LogP contribution is 2.15. The average molecular weight is 242 g/mol. The number of aliphatic carboxylic acids is 1. The van der Waals surface area contributed by atoms with Crippen LogP contribution in [0.15, 0.2) is 0 Å². The third kappa shape index (κ3) is 5.04. The standard InChI is InChI=1S/C13H26N2O2/c1-4-5-6-7-15-9-11(12(16)17)8-14-13(2,3)10-15/h11,14H,4-10H2,1-3H3,(H,16,17). The number of hydrogen-bond donors (Lipinski definition) is 2. The van der Waals surface area contributed by atoms with Gasteiger partial charge in [0.05, 0.1) is 5.92 Å². The van der Waals surface area contributed by atoms with Gasteiger partial charge in [0.15, 0.2) is 0 Å². The average Bonchev–Trinajstić information content (AvgIpc) is 2.37. The van der Waals surface area contributed by atoms with Crippen molar-refractivity contribution in [3.8, 4) is 0 Å². The molecule has 1 fully saturated rings. The van der Waals surface area contributed by atoms with E-state index in [9.17, 15) is 4.79 Å². The van der Waals surface area contributed by atoms with E-state index in [0.29, 0.717) is 13.1 Å². The Hall–Kier alpha value is -0.610. The first-order chi connectivity index (χ1) is 7.94. The predicted octanol–water partition coefficient (Wildman–Crippen LogP) is 1.56. The second-order valence-electron chi connectivity index (χ2n) is 5.74. The van der Waals surface area contributed by atoms with E-state index in [0.717, 1.165) is 13.1 Å². The molecule has 1 aliphatic heterocycles. The molecule has 4 heteroatoms. The summed E-state index contributed by atoms with van der Waals surface area (Å²) in [5.41, 5.74) is 0.0103. The van der Waals surface area contributed by atoms with E-state index >= 15 is 0 Å². The topological polar surface area (TPSA) is 52.6 Å². The second kappa shape index (κ2) is 6.36. The molecule has 0 aromatic heterocycles. The Morgan fingerprint density at radius 2 is 2.18 bits per heavy atom. The van der Waals surface area contributed by atoms with Crippen LogP contribution in [-0.2, 0) is 4.79 Å². The van der Waals surface area contributed by atoms with Crippen molar-refractivity contribution >= 4 is 5.97 Å². The molecule has 2 N–H and O–H groups in total. The Morgan fingerprint density at radius 1 is 1.47 bits per heavy atom. The Kier molecular flexibility index (Phi) is 5.40. The molecule has 0 aromatic carbocycles. The van der Waals surface area contributed by atoms with Crippen LogP contribution >= 0.6 is 0 Å². The maximum absolute atomic E-state index is 11.1. The number of nitrogens with one attached hydrogen (secondary N) is 1. The van der Waals surface area contributed by atoms with Crippen molar-refractivity contribution in [2.75, 3.05) is 26.2 Å². The minimum atomic E-state index is -0.685. The SMILES string of the molecule is CCCCCN1CC(C(=O)O)CNC(C)(C)C1. The molecule has 0 saturated carbocycles. The number of unbranched alkanes of at least 4 members (excludes halogenated alkanes) is 2. The number of hydrogen-bond acceptors (Lipinski definition) is 3. The molecule has 0 bridgehead atoms. The van der Waals surface area contributed by atoms with Gasteiger partial charge in [-0.05, 0) is 26.8 Å². The van der Waals surface area contributed by atoms with Crippen LogP contribution in [0, 0.1) is 5.92 Å². The molecule has 1 saturated heterocycles. The van der Waals surface area contributed by atoms with Crippen LogP contribution in [0.5, 0.6) is 0 Å². The highest BCUT2D eigenvalue weighted by Gasteiger charge is 2.31. The van der Waals surface area contributed by atoms with Crippen LogP contribution in [0.1, 0.15) is 40.0 Å². The molecule has 1 heterocycles. The van der Waals surface area contributed by atoms with Crippen LogP contribution in [0.3, 0.4) is 0 Å². The van der Waals surface area contributed by atoms with E-state index in [4.69, 9.17) is 5.11 Å². The summed E-state index contributed by atoms with van der Waals surface area (Å²) in [6.07, 6.45) is 3.60.